The van der Waals surface area contributed by atoms with Crippen molar-refractivity contribution in [2.45, 2.75) is 13.1 Å². The van der Waals surface area contributed by atoms with Crippen molar-refractivity contribution in [3.8, 4) is 11.5 Å². The fraction of sp³-hybridized carbons (Fsp3) is 0.0556. The average molecular weight is 597 g/mol. The zero-order valence-electron chi connectivity index (χ0n) is 24.1. The number of anilines is 2. The number of benzene rings is 5. The van der Waals surface area contributed by atoms with Gasteiger partial charge in [0.25, 0.3) is 11.8 Å². The molecule has 0 aromatic heterocycles. The van der Waals surface area contributed by atoms with Crippen molar-refractivity contribution in [1.82, 2.24) is 4.90 Å². The largest absolute Gasteiger partial charge is 0.453 e. The van der Waals surface area contributed by atoms with Gasteiger partial charge >= 0.3 is 0 Å². The van der Waals surface area contributed by atoms with Gasteiger partial charge in [-0.25, -0.2) is 0 Å². The first-order valence-electron chi connectivity index (χ1n) is 14.2. The molecule has 5 aromatic rings. The van der Waals surface area contributed by atoms with E-state index in [-0.39, 0.29) is 11.8 Å². The molecule has 3 heterocycles. The van der Waals surface area contributed by atoms with E-state index in [0.29, 0.717) is 58.2 Å². The van der Waals surface area contributed by atoms with Crippen molar-refractivity contribution in [3.05, 3.63) is 155 Å². The molecule has 3 aliphatic rings. The molecular weight excluding hydrogens is 568 g/mol. The number of rotatable bonds is 4. The third-order valence-corrected chi connectivity index (χ3v) is 7.48. The van der Waals surface area contributed by atoms with Gasteiger partial charge in [0.1, 0.15) is 0 Å². The van der Waals surface area contributed by atoms with E-state index in [4.69, 9.17) is 16.2 Å². The van der Waals surface area contributed by atoms with Gasteiger partial charge in [0.15, 0.2) is 11.5 Å². The summed E-state index contributed by atoms with van der Waals surface area (Å²) in [5.74, 6) is -0.247. The number of hydrogen-bond donors (Lipinski definition) is 2. The van der Waals surface area contributed by atoms with Gasteiger partial charge in [-0.15, -0.1) is 0 Å². The van der Waals surface area contributed by atoms with Gasteiger partial charge < -0.3 is 21.1 Å². The molecule has 0 saturated heterocycles. The zero-order valence-corrected chi connectivity index (χ0v) is 24.1. The molecule has 5 aromatic carbocycles. The molecule has 0 radical (unpaired) electrons. The first-order chi connectivity index (χ1) is 21.8. The van der Waals surface area contributed by atoms with Crippen LogP contribution in [0.1, 0.15) is 52.6 Å². The van der Waals surface area contributed by atoms with Crippen LogP contribution in [-0.4, -0.2) is 28.5 Å². The van der Waals surface area contributed by atoms with E-state index < -0.39 is 11.8 Å². The molecular formula is C36H28N4O5. The van der Waals surface area contributed by atoms with Crippen molar-refractivity contribution < 1.29 is 23.9 Å². The van der Waals surface area contributed by atoms with E-state index in [0.717, 1.165) is 11.1 Å². The summed E-state index contributed by atoms with van der Waals surface area (Å²) in [5.41, 5.74) is 15.6. The minimum absolute atomic E-state index is 0.0875. The lowest BCUT2D eigenvalue weighted by Crippen LogP contribution is -2.29. The second-order valence-corrected chi connectivity index (χ2v) is 10.5. The normalized spacial score (nSPS) is 12.4. The summed E-state index contributed by atoms with van der Waals surface area (Å²) in [6, 6.07) is 35.7. The van der Waals surface area contributed by atoms with Crippen molar-refractivity contribution in [1.29, 1.82) is 0 Å². The van der Waals surface area contributed by atoms with Crippen molar-refractivity contribution >= 4 is 35.0 Å². The molecule has 0 atom stereocenters. The van der Waals surface area contributed by atoms with Crippen LogP contribution in [0.4, 0.5) is 11.4 Å². The van der Waals surface area contributed by atoms with Crippen molar-refractivity contribution in [2.75, 3.05) is 4.90 Å². The third kappa shape index (κ3) is 6.00. The monoisotopic (exact) mass is 596 g/mol. The van der Waals surface area contributed by atoms with Crippen LogP contribution in [0.25, 0.3) is 0 Å². The Hall–Kier alpha value is -6.22. The molecule has 0 spiro atoms. The van der Waals surface area contributed by atoms with Crippen molar-refractivity contribution in [2.24, 2.45) is 11.5 Å². The molecule has 8 rings (SSSR count). The molecule has 4 amide bonds. The van der Waals surface area contributed by atoms with Crippen LogP contribution < -0.4 is 21.1 Å². The fourth-order valence-electron chi connectivity index (χ4n) is 5.24. The molecule has 2 bridgehead atoms. The van der Waals surface area contributed by atoms with E-state index >= 15 is 0 Å². The topological polar surface area (TPSA) is 136 Å². The summed E-state index contributed by atoms with van der Waals surface area (Å²) >= 11 is 0. The maximum absolute atomic E-state index is 13.2. The smallest absolute Gasteiger partial charge is 0.263 e. The number of para-hydroxylation sites is 4. The molecule has 0 aliphatic carbocycles. The molecule has 9 nitrogen and oxygen atoms in total. The van der Waals surface area contributed by atoms with Gasteiger partial charge in [-0.05, 0) is 71.8 Å². The zero-order chi connectivity index (χ0) is 31.5. The lowest BCUT2D eigenvalue weighted by atomic mass is 10.1. The predicted octanol–water partition coefficient (Wildman–Crippen LogP) is 5.81. The Morgan fingerprint density at radius 1 is 0.511 bits per heavy atom. The van der Waals surface area contributed by atoms with E-state index in [1.165, 1.54) is 6.07 Å². The lowest BCUT2D eigenvalue weighted by Gasteiger charge is -2.31. The summed E-state index contributed by atoms with van der Waals surface area (Å²) in [6.07, 6.45) is 0. The Labute approximate surface area is 259 Å². The molecule has 0 saturated carbocycles. The van der Waals surface area contributed by atoms with E-state index in [2.05, 4.69) is 0 Å². The number of hydrogen-bond acceptors (Lipinski definition) is 5. The Balaban J connectivity index is 0.000000163. The second kappa shape index (κ2) is 12.2. The summed E-state index contributed by atoms with van der Waals surface area (Å²) in [6.45, 7) is 1.16. The Morgan fingerprint density at radius 2 is 0.933 bits per heavy atom. The third-order valence-electron chi connectivity index (χ3n) is 7.48. The molecule has 0 fully saturated rings. The maximum atomic E-state index is 13.2. The van der Waals surface area contributed by atoms with Gasteiger partial charge in [0.05, 0.1) is 11.4 Å². The number of nitrogens with two attached hydrogens (primary N) is 2. The number of carbonyl (C=O) groups is 4. The maximum Gasteiger partial charge on any atom is 0.263 e. The molecule has 9 heteroatoms. The van der Waals surface area contributed by atoms with Gasteiger partial charge in [-0.1, -0.05) is 60.7 Å². The molecule has 222 valence electrons. The van der Waals surface area contributed by atoms with E-state index in [1.807, 2.05) is 72.8 Å². The van der Waals surface area contributed by atoms with Gasteiger partial charge in [-0.3, -0.25) is 24.1 Å². The molecule has 3 aliphatic heterocycles. The Bertz CT molecular complexity index is 1880. The van der Waals surface area contributed by atoms with Crippen LogP contribution in [0.3, 0.4) is 0 Å². The van der Waals surface area contributed by atoms with Crippen LogP contribution in [-0.2, 0) is 13.1 Å². The SMILES string of the molecule is NC(=O)c1cccc(C(=O)N2Cc3ccc(cc3)C2)c1.NC(=O)c1cccc(C(=O)N2c3ccccc3Oc3ccccc32)c1. The van der Waals surface area contributed by atoms with Crippen LogP contribution >= 0.6 is 0 Å². The highest BCUT2D eigenvalue weighted by molar-refractivity contribution is 6.14. The van der Waals surface area contributed by atoms with E-state index in [1.54, 1.807) is 52.3 Å². The predicted molar refractivity (Wildman–Crippen MR) is 169 cm³/mol. The molecule has 4 N–H and O–H groups in total. The van der Waals surface area contributed by atoms with E-state index in [9.17, 15) is 19.2 Å². The molecule has 0 unspecified atom stereocenters. The molecule has 45 heavy (non-hydrogen) atoms. The summed E-state index contributed by atoms with van der Waals surface area (Å²) in [5, 5.41) is 0. The number of carbonyl (C=O) groups excluding carboxylic acids is 4. The minimum atomic E-state index is -0.572. The summed E-state index contributed by atoms with van der Waals surface area (Å²) < 4.78 is 5.89. The van der Waals surface area contributed by atoms with Gasteiger partial charge in [0, 0.05) is 35.3 Å². The highest BCUT2D eigenvalue weighted by Gasteiger charge is 2.29. The highest BCUT2D eigenvalue weighted by atomic mass is 16.5. The van der Waals surface area contributed by atoms with Gasteiger partial charge in [0.2, 0.25) is 11.8 Å². The first kappa shape index (κ1) is 28.9. The average Bonchev–Trinajstić information content (AvgIpc) is 3.41. The number of fused-ring (bicyclic) bond motifs is 6. The van der Waals surface area contributed by atoms with Crippen LogP contribution in [0, 0.1) is 0 Å². The quantitative estimate of drug-likeness (QED) is 0.270. The van der Waals surface area contributed by atoms with Crippen LogP contribution in [0.15, 0.2) is 121 Å². The first-order valence-corrected chi connectivity index (χ1v) is 14.2. The minimum Gasteiger partial charge on any atom is -0.453 e. The second-order valence-electron chi connectivity index (χ2n) is 10.5. The number of ether oxygens (including phenoxy) is 1. The van der Waals surface area contributed by atoms with Crippen LogP contribution in [0.5, 0.6) is 11.5 Å². The summed E-state index contributed by atoms with van der Waals surface area (Å²) in [7, 11) is 0. The number of nitrogens with zero attached hydrogens (tertiary/aromatic N) is 2. The Morgan fingerprint density at radius 3 is 1.40 bits per heavy atom. The van der Waals surface area contributed by atoms with Crippen LogP contribution in [0.2, 0.25) is 0 Å². The summed E-state index contributed by atoms with van der Waals surface area (Å²) in [4.78, 5) is 51.7. The number of primary amides is 2. The highest BCUT2D eigenvalue weighted by Crippen LogP contribution is 2.46. The number of amides is 4. The van der Waals surface area contributed by atoms with Crippen molar-refractivity contribution in [3.63, 3.8) is 0 Å². The van der Waals surface area contributed by atoms with Gasteiger partial charge in [-0.2, -0.15) is 0 Å². The fourth-order valence-corrected chi connectivity index (χ4v) is 5.24. The Kier molecular flexibility index (Phi) is 7.82. The standard InChI is InChI=1S/C20H14N2O3.C16H14N2O2/c21-19(23)13-6-5-7-14(12-13)20(24)22-15-8-1-3-10-17(15)25-18-11-4-2-9-16(18)22;17-15(19)13-2-1-3-14(8-13)16(20)18-9-11-4-5-12(10-18)7-6-11/h1-12H,(H2,21,23);1-8H,9-10H2,(H2,17,19). The lowest BCUT2D eigenvalue weighted by molar-refractivity contribution is 0.0733.